The van der Waals surface area contributed by atoms with Crippen LogP contribution in [-0.2, 0) is 25.7 Å². The molecule has 0 saturated carbocycles. The summed E-state index contributed by atoms with van der Waals surface area (Å²) in [6.45, 7) is 8.75. The van der Waals surface area contributed by atoms with Crippen LogP contribution in [0.5, 0.6) is 0 Å². The summed E-state index contributed by atoms with van der Waals surface area (Å²) < 4.78 is 10.7. The van der Waals surface area contributed by atoms with Crippen LogP contribution in [-0.4, -0.2) is 58.4 Å². The van der Waals surface area contributed by atoms with Crippen LogP contribution in [0.3, 0.4) is 0 Å². The molecule has 0 saturated heterocycles. The SMILES string of the molecule is CC(C)[C@H](NC(=O)N[C@@H](CCCN=C(N)N[N+](=O)O)C(=O)OC(C)(C)C)C(=O)OCc1ccccc1. The first kappa shape index (κ1) is 30.1. The minimum atomic E-state index is -1.05. The van der Waals surface area contributed by atoms with E-state index in [0.717, 1.165) is 5.56 Å². The molecule has 2 atom stereocenters. The van der Waals surface area contributed by atoms with Gasteiger partial charge in [-0.2, -0.15) is 0 Å². The Kier molecular flexibility index (Phi) is 12.1. The van der Waals surface area contributed by atoms with E-state index in [9.17, 15) is 19.3 Å². The molecule has 0 radical (unpaired) electrons. The van der Waals surface area contributed by atoms with Crippen LogP contribution in [0.15, 0.2) is 35.3 Å². The molecule has 0 aliphatic heterocycles. The molecule has 1 rings (SSSR count). The van der Waals surface area contributed by atoms with E-state index in [2.05, 4.69) is 15.6 Å². The highest BCUT2D eigenvalue weighted by Gasteiger charge is 2.30. The number of carbonyl (C=O) groups excluding carboxylic acids is 3. The highest BCUT2D eigenvalue weighted by Crippen LogP contribution is 2.12. The molecular formula is C23H37N6O7+. The molecule has 0 heterocycles. The molecule has 2 amide bonds. The number of hydrogen-bond donors (Lipinski definition) is 5. The molecule has 1 aromatic carbocycles. The number of esters is 2. The molecule has 200 valence electrons. The van der Waals surface area contributed by atoms with Gasteiger partial charge < -0.3 is 25.8 Å². The first-order valence-corrected chi connectivity index (χ1v) is 11.5. The average Bonchev–Trinajstić information content (AvgIpc) is 2.76. The Morgan fingerprint density at radius 1 is 1.11 bits per heavy atom. The van der Waals surface area contributed by atoms with Gasteiger partial charge >= 0.3 is 23.0 Å². The van der Waals surface area contributed by atoms with Gasteiger partial charge in [0.05, 0.1) is 0 Å². The number of hydrogen-bond acceptors (Lipinski definition) is 7. The van der Waals surface area contributed by atoms with Gasteiger partial charge in [0.1, 0.15) is 29.2 Å². The molecule has 13 heteroatoms. The third-order valence-corrected chi connectivity index (χ3v) is 4.57. The van der Waals surface area contributed by atoms with E-state index < -0.39 is 40.7 Å². The third-order valence-electron chi connectivity index (χ3n) is 4.57. The zero-order valence-electron chi connectivity index (χ0n) is 21.3. The summed E-state index contributed by atoms with van der Waals surface area (Å²) in [5.74, 6) is -1.87. The maximum Gasteiger partial charge on any atom is 0.362 e. The van der Waals surface area contributed by atoms with Crippen molar-refractivity contribution in [1.82, 2.24) is 16.1 Å². The van der Waals surface area contributed by atoms with Gasteiger partial charge in [0.15, 0.2) is 0 Å². The van der Waals surface area contributed by atoms with Crippen LogP contribution >= 0.6 is 0 Å². The zero-order chi connectivity index (χ0) is 27.3. The van der Waals surface area contributed by atoms with E-state index in [1.807, 2.05) is 35.8 Å². The number of urea groups is 1. The molecule has 0 unspecified atom stereocenters. The van der Waals surface area contributed by atoms with Crippen molar-refractivity contribution in [3.05, 3.63) is 40.8 Å². The zero-order valence-corrected chi connectivity index (χ0v) is 21.3. The van der Waals surface area contributed by atoms with Crippen LogP contribution in [0, 0.1) is 10.8 Å². The Morgan fingerprint density at radius 2 is 1.75 bits per heavy atom. The lowest BCUT2D eigenvalue weighted by molar-refractivity contribution is -0.822. The molecule has 36 heavy (non-hydrogen) atoms. The molecule has 0 aliphatic rings. The van der Waals surface area contributed by atoms with Crippen LogP contribution in [0.1, 0.15) is 53.0 Å². The summed E-state index contributed by atoms with van der Waals surface area (Å²) in [5.41, 5.74) is 7.25. The predicted molar refractivity (Wildman–Crippen MR) is 130 cm³/mol. The Labute approximate surface area is 210 Å². The van der Waals surface area contributed by atoms with Gasteiger partial charge in [0.25, 0.3) is 5.96 Å². The summed E-state index contributed by atoms with van der Waals surface area (Å²) in [5, 5.41) is 13.1. The number of rotatable bonds is 12. The Balaban J connectivity index is 2.78. The second-order valence-corrected chi connectivity index (χ2v) is 9.31. The van der Waals surface area contributed by atoms with Crippen molar-refractivity contribution in [2.45, 2.75) is 71.8 Å². The Morgan fingerprint density at radius 3 is 2.31 bits per heavy atom. The maximum atomic E-state index is 12.7. The second kappa shape index (κ2) is 14.5. The lowest BCUT2D eigenvalue weighted by Gasteiger charge is -2.26. The van der Waals surface area contributed by atoms with Crippen molar-refractivity contribution < 1.29 is 34.1 Å². The first-order chi connectivity index (χ1) is 16.8. The van der Waals surface area contributed by atoms with Gasteiger partial charge in [-0.05, 0) is 50.5 Å². The first-order valence-electron chi connectivity index (χ1n) is 11.5. The topological polar surface area (TPSA) is 184 Å². The maximum absolute atomic E-state index is 12.7. The molecule has 0 aromatic heterocycles. The van der Waals surface area contributed by atoms with Crippen molar-refractivity contribution >= 4 is 23.9 Å². The van der Waals surface area contributed by atoms with Crippen molar-refractivity contribution in [2.24, 2.45) is 16.6 Å². The lowest BCUT2D eigenvalue weighted by atomic mass is 10.0. The summed E-state index contributed by atoms with van der Waals surface area (Å²) in [6.07, 6.45) is 0.410. The number of benzene rings is 1. The number of nitrogens with two attached hydrogens (primary N) is 1. The Bertz CT molecular complexity index is 915. The summed E-state index contributed by atoms with van der Waals surface area (Å²) in [4.78, 5) is 52.3. The third kappa shape index (κ3) is 12.5. The van der Waals surface area contributed by atoms with Crippen LogP contribution in [0.25, 0.3) is 0 Å². The van der Waals surface area contributed by atoms with Gasteiger partial charge in [-0.25, -0.2) is 24.6 Å². The highest BCUT2D eigenvalue weighted by molar-refractivity contribution is 5.87. The minimum absolute atomic E-state index is 0.0611. The number of nitrogens with zero attached hydrogens (tertiary/aromatic N) is 2. The highest BCUT2D eigenvalue weighted by atomic mass is 16.7. The van der Waals surface area contributed by atoms with E-state index in [-0.39, 0.29) is 37.9 Å². The van der Waals surface area contributed by atoms with Crippen molar-refractivity contribution in [3.8, 4) is 0 Å². The van der Waals surface area contributed by atoms with Crippen LogP contribution < -0.4 is 21.8 Å². The normalized spacial score (nSPS) is 13.3. The van der Waals surface area contributed by atoms with Crippen molar-refractivity contribution in [2.75, 3.05) is 6.54 Å². The number of aliphatic imine (C=N–C) groups is 1. The van der Waals surface area contributed by atoms with Gasteiger partial charge in [0, 0.05) is 6.54 Å². The fraction of sp³-hybridized carbons (Fsp3) is 0.565. The standard InChI is InChI=1S/C23H36N6O7/c1-15(2)18(20(31)35-14-16-10-7-6-8-11-16)27-22(32)26-17(19(30)36-23(3,4)5)12-9-13-25-21(24)28-29(33)34/h6-8,10-11,15,17-18H,9,12-14H2,1-5H3,(H5-,24,25,26,27,28,32,33,34)/p+1/t17-,18-/m0/s1. The minimum Gasteiger partial charge on any atom is -0.459 e. The second-order valence-electron chi connectivity index (χ2n) is 9.31. The lowest BCUT2D eigenvalue weighted by Crippen LogP contribution is -2.53. The largest absolute Gasteiger partial charge is 0.459 e. The number of ether oxygens (including phenoxy) is 2. The fourth-order valence-electron chi connectivity index (χ4n) is 2.91. The quantitative estimate of drug-likeness (QED) is 0.0916. The van der Waals surface area contributed by atoms with Gasteiger partial charge in [-0.15, -0.1) is 0 Å². The van der Waals surface area contributed by atoms with Gasteiger partial charge in [0.2, 0.25) is 0 Å². The van der Waals surface area contributed by atoms with Crippen molar-refractivity contribution in [3.63, 3.8) is 0 Å². The van der Waals surface area contributed by atoms with Crippen molar-refractivity contribution in [1.29, 1.82) is 0 Å². The number of amides is 2. The number of guanidine groups is 1. The van der Waals surface area contributed by atoms with Crippen LogP contribution in [0.4, 0.5) is 4.79 Å². The molecular weight excluding hydrogens is 472 g/mol. The van der Waals surface area contributed by atoms with Gasteiger partial charge in [-0.3, -0.25) is 0 Å². The average molecular weight is 510 g/mol. The summed E-state index contributed by atoms with van der Waals surface area (Å²) in [6, 6.07) is 6.40. The van der Waals surface area contributed by atoms with Gasteiger partial charge in [-0.1, -0.05) is 44.2 Å². The fourth-order valence-corrected chi connectivity index (χ4v) is 2.91. The summed E-state index contributed by atoms with van der Waals surface area (Å²) >= 11 is 0. The smallest absolute Gasteiger partial charge is 0.362 e. The van der Waals surface area contributed by atoms with E-state index in [1.54, 1.807) is 34.6 Å². The number of nitrogens with one attached hydrogen (secondary N) is 3. The van der Waals surface area contributed by atoms with E-state index in [1.165, 1.54) is 0 Å². The molecule has 0 spiro atoms. The number of carbonyl (C=O) groups is 3. The van der Waals surface area contributed by atoms with E-state index >= 15 is 0 Å². The van der Waals surface area contributed by atoms with E-state index in [0.29, 0.717) is 0 Å². The molecule has 6 N–H and O–H groups in total. The Hall–Kier alpha value is -3.90. The molecule has 0 fully saturated rings. The van der Waals surface area contributed by atoms with E-state index in [4.69, 9.17) is 20.4 Å². The molecule has 0 bridgehead atoms. The molecule has 13 nitrogen and oxygen atoms in total. The summed E-state index contributed by atoms with van der Waals surface area (Å²) in [7, 11) is 0. The number of hydrazine groups is 1. The monoisotopic (exact) mass is 509 g/mol. The molecule has 1 aromatic rings. The van der Waals surface area contributed by atoms with Crippen LogP contribution in [0.2, 0.25) is 0 Å². The predicted octanol–water partition coefficient (Wildman–Crippen LogP) is 1.53. The molecule has 0 aliphatic carbocycles.